The van der Waals surface area contributed by atoms with Crippen molar-refractivity contribution in [1.29, 1.82) is 0 Å². The molecule has 0 saturated heterocycles. The molecule has 2 aromatic heterocycles. The van der Waals surface area contributed by atoms with Gasteiger partial charge in [0.25, 0.3) is 0 Å². The predicted octanol–water partition coefficient (Wildman–Crippen LogP) is 3.71. The highest BCUT2D eigenvalue weighted by atomic mass is 32.1. The average Bonchev–Trinajstić information content (AvgIpc) is 3.04. The lowest BCUT2D eigenvalue weighted by Crippen LogP contribution is -2.15. The summed E-state index contributed by atoms with van der Waals surface area (Å²) in [4.78, 5) is 1.05. The number of hydrogen-bond donors (Lipinski definition) is 1. The Morgan fingerprint density at radius 2 is 2.10 bits per heavy atom. The summed E-state index contributed by atoms with van der Waals surface area (Å²) in [5.41, 5.74) is 0. The van der Waals surface area contributed by atoms with Gasteiger partial charge in [0.2, 0.25) is 0 Å². The quantitative estimate of drug-likeness (QED) is 0.730. The number of rotatable bonds is 5. The van der Waals surface area contributed by atoms with Crippen molar-refractivity contribution in [3.05, 3.63) is 35.1 Å². The van der Waals surface area contributed by atoms with Gasteiger partial charge in [-0.05, 0) is 30.1 Å². The molecule has 0 atom stereocenters. The van der Waals surface area contributed by atoms with Gasteiger partial charge in [-0.3, -0.25) is 0 Å². The maximum Gasteiger partial charge on any atom is 0.157 e. The molecule has 0 aliphatic carbocycles. The SMILES string of the molecule is CCNCCc1nnc(-c2cc3ccc(F)cc3s2)s1. The van der Waals surface area contributed by atoms with E-state index in [2.05, 4.69) is 22.4 Å². The van der Waals surface area contributed by atoms with Gasteiger partial charge in [0, 0.05) is 17.7 Å². The molecule has 1 aromatic carbocycles. The van der Waals surface area contributed by atoms with Crippen molar-refractivity contribution >= 4 is 32.8 Å². The fourth-order valence-corrected chi connectivity index (χ4v) is 3.90. The summed E-state index contributed by atoms with van der Waals surface area (Å²) < 4.78 is 14.1. The number of benzene rings is 1. The van der Waals surface area contributed by atoms with Crippen LogP contribution in [-0.2, 0) is 6.42 Å². The van der Waals surface area contributed by atoms with Crippen molar-refractivity contribution in [3.63, 3.8) is 0 Å². The zero-order chi connectivity index (χ0) is 13.9. The van der Waals surface area contributed by atoms with Crippen LogP contribution in [-0.4, -0.2) is 23.3 Å². The number of fused-ring (bicyclic) bond motifs is 1. The molecule has 0 bridgehead atoms. The van der Waals surface area contributed by atoms with Crippen LogP contribution in [0.1, 0.15) is 11.9 Å². The first-order valence-electron chi connectivity index (χ1n) is 6.49. The second kappa shape index (κ2) is 5.95. The summed E-state index contributed by atoms with van der Waals surface area (Å²) in [7, 11) is 0. The minimum absolute atomic E-state index is 0.200. The smallest absolute Gasteiger partial charge is 0.157 e. The van der Waals surface area contributed by atoms with Gasteiger partial charge in [-0.15, -0.1) is 21.5 Å². The van der Waals surface area contributed by atoms with Crippen LogP contribution in [0.25, 0.3) is 20.0 Å². The lowest BCUT2D eigenvalue weighted by atomic mass is 10.2. The minimum atomic E-state index is -0.200. The molecule has 0 aliphatic rings. The molecule has 0 fully saturated rings. The van der Waals surface area contributed by atoms with Crippen LogP contribution in [0.15, 0.2) is 24.3 Å². The van der Waals surface area contributed by atoms with E-state index in [1.165, 1.54) is 6.07 Å². The van der Waals surface area contributed by atoms with Crippen LogP contribution in [0.3, 0.4) is 0 Å². The number of likely N-dealkylation sites (N-methyl/N-ethyl adjacent to an activating group) is 1. The Balaban J connectivity index is 1.83. The maximum absolute atomic E-state index is 13.2. The van der Waals surface area contributed by atoms with E-state index >= 15 is 0 Å². The van der Waals surface area contributed by atoms with Gasteiger partial charge < -0.3 is 5.32 Å². The lowest BCUT2D eigenvalue weighted by molar-refractivity contribution is 0.630. The van der Waals surface area contributed by atoms with Gasteiger partial charge in [0.1, 0.15) is 10.8 Å². The molecule has 0 aliphatic heterocycles. The molecule has 0 amide bonds. The van der Waals surface area contributed by atoms with Gasteiger partial charge in [-0.2, -0.15) is 0 Å². The van der Waals surface area contributed by atoms with E-state index in [0.717, 1.165) is 44.5 Å². The summed E-state index contributed by atoms with van der Waals surface area (Å²) in [5, 5.41) is 14.7. The highest BCUT2D eigenvalue weighted by Crippen LogP contribution is 2.35. The van der Waals surface area contributed by atoms with Crippen molar-refractivity contribution in [2.75, 3.05) is 13.1 Å². The van der Waals surface area contributed by atoms with Crippen molar-refractivity contribution < 1.29 is 4.39 Å². The number of aromatic nitrogens is 2. The molecular formula is C14H14FN3S2. The van der Waals surface area contributed by atoms with Crippen LogP contribution in [0, 0.1) is 5.82 Å². The molecule has 104 valence electrons. The highest BCUT2D eigenvalue weighted by molar-refractivity contribution is 7.25. The van der Waals surface area contributed by atoms with Crippen LogP contribution in [0.4, 0.5) is 4.39 Å². The topological polar surface area (TPSA) is 37.8 Å². The standard InChI is InChI=1S/C14H14FN3S2/c1-2-16-6-5-13-17-18-14(20-13)12-7-9-3-4-10(15)8-11(9)19-12/h3-4,7-8,16H,2,5-6H2,1H3. The lowest BCUT2D eigenvalue weighted by Gasteiger charge is -1.95. The molecule has 0 unspecified atom stereocenters. The van der Waals surface area contributed by atoms with E-state index in [1.54, 1.807) is 34.8 Å². The third kappa shape index (κ3) is 2.87. The highest BCUT2D eigenvalue weighted by Gasteiger charge is 2.10. The molecule has 1 N–H and O–H groups in total. The van der Waals surface area contributed by atoms with E-state index in [4.69, 9.17) is 0 Å². The first-order chi connectivity index (χ1) is 9.76. The van der Waals surface area contributed by atoms with Crippen LogP contribution < -0.4 is 5.32 Å². The number of nitrogens with one attached hydrogen (secondary N) is 1. The first kappa shape index (κ1) is 13.6. The van der Waals surface area contributed by atoms with E-state index in [-0.39, 0.29) is 5.82 Å². The molecule has 2 heterocycles. The number of thiophene rings is 1. The molecule has 0 spiro atoms. The maximum atomic E-state index is 13.2. The second-order valence-electron chi connectivity index (χ2n) is 4.40. The van der Waals surface area contributed by atoms with Crippen molar-refractivity contribution in [2.24, 2.45) is 0 Å². The van der Waals surface area contributed by atoms with Gasteiger partial charge in [0.05, 0.1) is 4.88 Å². The van der Waals surface area contributed by atoms with E-state index < -0.39 is 0 Å². The largest absolute Gasteiger partial charge is 0.317 e. The summed E-state index contributed by atoms with van der Waals surface area (Å²) in [6, 6.07) is 6.91. The van der Waals surface area contributed by atoms with Gasteiger partial charge >= 0.3 is 0 Å². The Kier molecular flexibility index (Phi) is 4.05. The molecule has 3 aromatic rings. The van der Waals surface area contributed by atoms with Gasteiger partial charge in [-0.1, -0.05) is 24.3 Å². The zero-order valence-electron chi connectivity index (χ0n) is 11.0. The molecule has 3 nitrogen and oxygen atoms in total. The number of nitrogens with zero attached hydrogens (tertiary/aromatic N) is 2. The molecule has 20 heavy (non-hydrogen) atoms. The van der Waals surface area contributed by atoms with E-state index in [0.29, 0.717) is 0 Å². The summed E-state index contributed by atoms with van der Waals surface area (Å²) in [5.74, 6) is -0.200. The molecule has 0 saturated carbocycles. The normalized spacial score (nSPS) is 11.3. The van der Waals surface area contributed by atoms with Crippen molar-refractivity contribution in [3.8, 4) is 9.88 Å². The predicted molar refractivity (Wildman–Crippen MR) is 82.9 cm³/mol. The van der Waals surface area contributed by atoms with Gasteiger partial charge in [-0.25, -0.2) is 4.39 Å². The molecule has 3 rings (SSSR count). The zero-order valence-corrected chi connectivity index (χ0v) is 12.7. The Morgan fingerprint density at radius 1 is 1.20 bits per heavy atom. The third-order valence-corrected chi connectivity index (χ3v) is 5.18. The average molecular weight is 307 g/mol. The molecule has 6 heteroatoms. The first-order valence-corrected chi connectivity index (χ1v) is 8.12. The van der Waals surface area contributed by atoms with E-state index in [1.807, 2.05) is 6.07 Å². The monoisotopic (exact) mass is 307 g/mol. The number of hydrogen-bond acceptors (Lipinski definition) is 5. The van der Waals surface area contributed by atoms with Crippen molar-refractivity contribution in [2.45, 2.75) is 13.3 Å². The Bertz CT molecular complexity index is 720. The summed E-state index contributed by atoms with van der Waals surface area (Å²) >= 11 is 3.17. The van der Waals surface area contributed by atoms with Crippen molar-refractivity contribution in [1.82, 2.24) is 15.5 Å². The fraction of sp³-hybridized carbons (Fsp3) is 0.286. The molecule has 0 radical (unpaired) electrons. The Hall–Kier alpha value is -1.37. The summed E-state index contributed by atoms with van der Waals surface area (Å²) in [6.45, 7) is 3.97. The van der Waals surface area contributed by atoms with Gasteiger partial charge in [0.15, 0.2) is 5.01 Å². The Labute approximate surface area is 124 Å². The second-order valence-corrected chi connectivity index (χ2v) is 6.54. The van der Waals surface area contributed by atoms with Crippen LogP contribution in [0.2, 0.25) is 0 Å². The Morgan fingerprint density at radius 3 is 2.95 bits per heavy atom. The van der Waals surface area contributed by atoms with Crippen LogP contribution in [0.5, 0.6) is 0 Å². The van der Waals surface area contributed by atoms with Crippen LogP contribution >= 0.6 is 22.7 Å². The molecular weight excluding hydrogens is 293 g/mol. The van der Waals surface area contributed by atoms with E-state index in [9.17, 15) is 4.39 Å². The minimum Gasteiger partial charge on any atom is -0.317 e. The fourth-order valence-electron chi connectivity index (χ4n) is 1.94. The number of halogens is 1. The third-order valence-electron chi connectivity index (χ3n) is 2.93. The summed E-state index contributed by atoms with van der Waals surface area (Å²) in [6.07, 6.45) is 0.894.